The predicted octanol–water partition coefficient (Wildman–Crippen LogP) is -0.534. The van der Waals surface area contributed by atoms with Crippen molar-refractivity contribution < 1.29 is 14.7 Å². The summed E-state index contributed by atoms with van der Waals surface area (Å²) in [7, 11) is 0. The molecule has 1 heterocycles. The molecule has 19 heavy (non-hydrogen) atoms. The molecular weight excluding hydrogens is 250 g/mol. The molecule has 2 atom stereocenters. The lowest BCUT2D eigenvalue weighted by Crippen LogP contribution is -2.45. The van der Waals surface area contributed by atoms with Gasteiger partial charge < -0.3 is 16.2 Å². The molecule has 0 spiro atoms. The van der Waals surface area contributed by atoms with Gasteiger partial charge in [0.15, 0.2) is 5.69 Å². The average Bonchev–Trinajstić information content (AvgIpc) is 2.85. The Bertz CT molecular complexity index is 445. The van der Waals surface area contributed by atoms with Crippen LogP contribution >= 0.6 is 0 Å². The van der Waals surface area contributed by atoms with E-state index >= 15 is 0 Å². The number of hydrogen-bond donors (Lipinski definition) is 3. The molecule has 4 N–H and O–H groups in total. The van der Waals surface area contributed by atoms with Gasteiger partial charge in [-0.2, -0.15) is 0 Å². The van der Waals surface area contributed by atoms with Crippen molar-refractivity contribution in [3.8, 4) is 0 Å². The van der Waals surface area contributed by atoms with Gasteiger partial charge in [-0.25, -0.2) is 9.48 Å². The van der Waals surface area contributed by atoms with Crippen LogP contribution in [-0.2, 0) is 11.3 Å². The topological polar surface area (TPSA) is 123 Å². The summed E-state index contributed by atoms with van der Waals surface area (Å²) in [6.45, 7) is 4.56. The normalized spacial score (nSPS) is 13.8. The first-order valence-corrected chi connectivity index (χ1v) is 6.12. The first-order valence-electron chi connectivity index (χ1n) is 6.12. The minimum Gasteiger partial charge on any atom is -0.476 e. The molecule has 0 aliphatic carbocycles. The van der Waals surface area contributed by atoms with E-state index in [1.165, 1.54) is 10.9 Å². The van der Waals surface area contributed by atoms with E-state index in [1.54, 1.807) is 0 Å². The molecule has 1 unspecified atom stereocenters. The molecule has 0 aliphatic heterocycles. The van der Waals surface area contributed by atoms with Crippen molar-refractivity contribution in [2.24, 2.45) is 11.7 Å². The van der Waals surface area contributed by atoms with Gasteiger partial charge >= 0.3 is 5.97 Å². The zero-order valence-corrected chi connectivity index (χ0v) is 11.0. The highest BCUT2D eigenvalue weighted by atomic mass is 16.4. The second kappa shape index (κ2) is 6.83. The van der Waals surface area contributed by atoms with Crippen molar-refractivity contribution in [2.75, 3.05) is 6.54 Å². The third-order valence-corrected chi connectivity index (χ3v) is 2.96. The maximum Gasteiger partial charge on any atom is 0.358 e. The minimum absolute atomic E-state index is 0.116. The van der Waals surface area contributed by atoms with Gasteiger partial charge in [-0.3, -0.25) is 4.79 Å². The van der Waals surface area contributed by atoms with Crippen LogP contribution in [0, 0.1) is 5.92 Å². The Morgan fingerprint density at radius 3 is 2.79 bits per heavy atom. The lowest BCUT2D eigenvalue weighted by molar-refractivity contribution is -0.123. The summed E-state index contributed by atoms with van der Waals surface area (Å²) in [6, 6.07) is -0.532. The van der Waals surface area contributed by atoms with Crippen molar-refractivity contribution >= 4 is 11.9 Å². The fraction of sp³-hybridized carbons (Fsp3) is 0.636. The van der Waals surface area contributed by atoms with Gasteiger partial charge in [-0.05, 0) is 5.92 Å². The summed E-state index contributed by atoms with van der Waals surface area (Å²) in [4.78, 5) is 22.3. The van der Waals surface area contributed by atoms with Crippen LogP contribution in [0.4, 0.5) is 0 Å². The highest BCUT2D eigenvalue weighted by Crippen LogP contribution is 2.04. The predicted molar refractivity (Wildman–Crippen MR) is 67.4 cm³/mol. The molecule has 8 heteroatoms. The Morgan fingerprint density at radius 1 is 1.58 bits per heavy atom. The molecule has 1 amide bonds. The SMILES string of the molecule is CCC(C)[C@H](N)C(=O)NCCn1cc(C(=O)O)nn1. The van der Waals surface area contributed by atoms with E-state index in [1.807, 2.05) is 13.8 Å². The Kier molecular flexibility index (Phi) is 5.43. The monoisotopic (exact) mass is 269 g/mol. The van der Waals surface area contributed by atoms with Crippen LogP contribution in [0.15, 0.2) is 6.20 Å². The first-order chi connectivity index (χ1) is 8.95. The second-order valence-electron chi connectivity index (χ2n) is 4.37. The van der Waals surface area contributed by atoms with Crippen LogP contribution in [0.3, 0.4) is 0 Å². The van der Waals surface area contributed by atoms with Crippen LogP contribution in [0.1, 0.15) is 30.8 Å². The molecule has 1 rings (SSSR count). The third kappa shape index (κ3) is 4.32. The number of carbonyl (C=O) groups excluding carboxylic acids is 1. The fourth-order valence-corrected chi connectivity index (χ4v) is 1.43. The maximum absolute atomic E-state index is 11.7. The van der Waals surface area contributed by atoms with Crippen molar-refractivity contribution in [1.82, 2.24) is 20.3 Å². The summed E-state index contributed by atoms with van der Waals surface area (Å²) in [5, 5.41) is 18.5. The Balaban J connectivity index is 2.37. The molecule has 0 fully saturated rings. The van der Waals surface area contributed by atoms with Crippen molar-refractivity contribution in [3.63, 3.8) is 0 Å². The van der Waals surface area contributed by atoms with E-state index in [0.29, 0.717) is 13.1 Å². The van der Waals surface area contributed by atoms with Gasteiger partial charge in [-0.1, -0.05) is 25.5 Å². The third-order valence-electron chi connectivity index (χ3n) is 2.96. The lowest BCUT2D eigenvalue weighted by atomic mass is 9.99. The Morgan fingerprint density at radius 2 is 2.26 bits per heavy atom. The largest absolute Gasteiger partial charge is 0.476 e. The molecule has 1 aromatic heterocycles. The number of nitrogens with two attached hydrogens (primary N) is 1. The van der Waals surface area contributed by atoms with E-state index in [9.17, 15) is 9.59 Å². The molecule has 0 radical (unpaired) electrons. The molecular formula is C11H19N5O3. The Labute approximate surface area is 111 Å². The maximum atomic E-state index is 11.7. The quantitative estimate of drug-likeness (QED) is 0.611. The fourth-order valence-electron chi connectivity index (χ4n) is 1.43. The zero-order chi connectivity index (χ0) is 14.4. The lowest BCUT2D eigenvalue weighted by Gasteiger charge is -2.17. The van der Waals surface area contributed by atoms with Crippen molar-refractivity contribution in [2.45, 2.75) is 32.9 Å². The number of amides is 1. The van der Waals surface area contributed by atoms with Gasteiger partial charge in [-0.15, -0.1) is 5.10 Å². The van der Waals surface area contributed by atoms with Gasteiger partial charge in [0, 0.05) is 6.54 Å². The van der Waals surface area contributed by atoms with Gasteiger partial charge in [0.25, 0.3) is 0 Å². The molecule has 0 bridgehead atoms. The number of aromatic nitrogens is 3. The van der Waals surface area contributed by atoms with E-state index in [-0.39, 0.29) is 17.5 Å². The summed E-state index contributed by atoms with van der Waals surface area (Å²) in [6.07, 6.45) is 2.14. The van der Waals surface area contributed by atoms with Gasteiger partial charge in [0.1, 0.15) is 0 Å². The molecule has 106 valence electrons. The highest BCUT2D eigenvalue weighted by Gasteiger charge is 2.18. The van der Waals surface area contributed by atoms with Crippen LogP contribution in [0.25, 0.3) is 0 Å². The first kappa shape index (κ1) is 15.1. The van der Waals surface area contributed by atoms with Crippen molar-refractivity contribution in [3.05, 3.63) is 11.9 Å². The number of carboxylic acid groups (broad SMARTS) is 1. The number of hydrogen-bond acceptors (Lipinski definition) is 5. The molecule has 0 aromatic carbocycles. The van der Waals surface area contributed by atoms with E-state index in [2.05, 4.69) is 15.6 Å². The summed E-state index contributed by atoms with van der Waals surface area (Å²) >= 11 is 0. The summed E-state index contributed by atoms with van der Waals surface area (Å²) < 4.78 is 1.36. The number of nitrogens with one attached hydrogen (secondary N) is 1. The molecule has 0 aliphatic rings. The van der Waals surface area contributed by atoms with Crippen molar-refractivity contribution in [1.29, 1.82) is 0 Å². The zero-order valence-electron chi connectivity index (χ0n) is 11.0. The van der Waals surface area contributed by atoms with E-state index < -0.39 is 12.0 Å². The smallest absolute Gasteiger partial charge is 0.358 e. The van der Waals surface area contributed by atoms with Crippen LogP contribution in [0.2, 0.25) is 0 Å². The van der Waals surface area contributed by atoms with Crippen LogP contribution in [-0.4, -0.2) is 44.6 Å². The van der Waals surface area contributed by atoms with E-state index in [0.717, 1.165) is 6.42 Å². The van der Waals surface area contributed by atoms with E-state index in [4.69, 9.17) is 10.8 Å². The minimum atomic E-state index is -1.13. The van der Waals surface area contributed by atoms with Gasteiger partial charge in [0.2, 0.25) is 5.91 Å². The summed E-state index contributed by atoms with van der Waals surface area (Å²) in [5.74, 6) is -1.23. The second-order valence-corrected chi connectivity index (χ2v) is 4.37. The number of aromatic carboxylic acids is 1. The number of carbonyl (C=O) groups is 2. The Hall–Kier alpha value is -1.96. The number of nitrogens with zero attached hydrogens (tertiary/aromatic N) is 3. The summed E-state index contributed by atoms with van der Waals surface area (Å²) in [5.41, 5.74) is 5.65. The molecule has 0 saturated carbocycles. The average molecular weight is 269 g/mol. The van der Waals surface area contributed by atoms with Crippen LogP contribution < -0.4 is 11.1 Å². The highest BCUT2D eigenvalue weighted by molar-refractivity contribution is 5.84. The standard InChI is InChI=1S/C11H19N5O3/c1-3-7(2)9(12)10(17)13-4-5-16-6-8(11(18)19)14-15-16/h6-7,9H,3-5,12H2,1-2H3,(H,13,17)(H,18,19)/t7?,9-/m0/s1. The molecule has 1 aromatic rings. The number of carboxylic acids is 1. The number of rotatable bonds is 7. The van der Waals surface area contributed by atoms with Crippen LogP contribution in [0.5, 0.6) is 0 Å². The molecule has 0 saturated heterocycles. The van der Waals surface area contributed by atoms with Gasteiger partial charge in [0.05, 0.1) is 18.8 Å². The molecule has 8 nitrogen and oxygen atoms in total.